The van der Waals surface area contributed by atoms with Gasteiger partial charge >= 0.3 is 0 Å². The van der Waals surface area contributed by atoms with Crippen LogP contribution in [0.2, 0.25) is 5.02 Å². The highest BCUT2D eigenvalue weighted by atomic mass is 35.5. The summed E-state index contributed by atoms with van der Waals surface area (Å²) in [6, 6.07) is 8.44. The lowest BCUT2D eigenvalue weighted by atomic mass is 10.2. The van der Waals surface area contributed by atoms with Crippen LogP contribution in [0.1, 0.15) is 11.1 Å². The van der Waals surface area contributed by atoms with Crippen molar-refractivity contribution in [2.45, 2.75) is 13.2 Å². The van der Waals surface area contributed by atoms with Crippen LogP contribution in [0.5, 0.6) is 5.75 Å². The highest BCUT2D eigenvalue weighted by Crippen LogP contribution is 2.23. The van der Waals surface area contributed by atoms with Gasteiger partial charge in [0.2, 0.25) is 0 Å². The highest BCUT2D eigenvalue weighted by Gasteiger charge is 2.07. The van der Waals surface area contributed by atoms with Crippen LogP contribution >= 0.6 is 11.6 Å². The molecule has 0 aliphatic rings. The van der Waals surface area contributed by atoms with Crippen molar-refractivity contribution in [2.75, 3.05) is 7.05 Å². The van der Waals surface area contributed by atoms with E-state index in [9.17, 15) is 8.78 Å². The van der Waals surface area contributed by atoms with Gasteiger partial charge in [0.25, 0.3) is 0 Å². The predicted molar refractivity (Wildman–Crippen MR) is 74.9 cm³/mol. The van der Waals surface area contributed by atoms with E-state index in [1.54, 1.807) is 19.2 Å². The van der Waals surface area contributed by atoms with E-state index >= 15 is 0 Å². The Kier molecular flexibility index (Phi) is 4.93. The summed E-state index contributed by atoms with van der Waals surface area (Å²) in [6.07, 6.45) is 0. The van der Waals surface area contributed by atoms with E-state index in [4.69, 9.17) is 16.3 Å². The summed E-state index contributed by atoms with van der Waals surface area (Å²) in [4.78, 5) is 0. The van der Waals surface area contributed by atoms with Gasteiger partial charge in [-0.25, -0.2) is 8.78 Å². The van der Waals surface area contributed by atoms with E-state index in [1.807, 2.05) is 0 Å². The molecular formula is C15H14ClF2NO. The first-order valence-corrected chi connectivity index (χ1v) is 6.47. The molecule has 2 rings (SSSR count). The Hall–Kier alpha value is -1.65. The van der Waals surface area contributed by atoms with Gasteiger partial charge in [-0.1, -0.05) is 17.7 Å². The van der Waals surface area contributed by atoms with Gasteiger partial charge < -0.3 is 10.1 Å². The van der Waals surface area contributed by atoms with Crippen LogP contribution in [0.15, 0.2) is 36.4 Å². The second-order valence-corrected chi connectivity index (χ2v) is 4.71. The number of halogens is 3. The van der Waals surface area contributed by atoms with Crippen LogP contribution in [-0.2, 0) is 13.2 Å². The minimum atomic E-state index is -0.392. The molecule has 0 bridgehead atoms. The monoisotopic (exact) mass is 297 g/mol. The highest BCUT2D eigenvalue weighted by molar-refractivity contribution is 6.31. The van der Waals surface area contributed by atoms with Gasteiger partial charge in [0.15, 0.2) is 0 Å². The van der Waals surface area contributed by atoms with E-state index in [-0.39, 0.29) is 12.4 Å². The average molecular weight is 298 g/mol. The van der Waals surface area contributed by atoms with Crippen molar-refractivity contribution in [1.82, 2.24) is 5.32 Å². The topological polar surface area (TPSA) is 21.3 Å². The third-order valence-electron chi connectivity index (χ3n) is 2.79. The van der Waals surface area contributed by atoms with Crippen LogP contribution in [0.4, 0.5) is 8.78 Å². The molecule has 0 amide bonds. The second kappa shape index (κ2) is 6.68. The lowest BCUT2D eigenvalue weighted by Crippen LogP contribution is -2.08. The maximum Gasteiger partial charge on any atom is 0.124 e. The zero-order chi connectivity index (χ0) is 14.5. The van der Waals surface area contributed by atoms with E-state index in [0.29, 0.717) is 28.4 Å². The number of hydrogen-bond acceptors (Lipinski definition) is 2. The molecule has 20 heavy (non-hydrogen) atoms. The summed E-state index contributed by atoms with van der Waals surface area (Å²) in [5.74, 6) is -0.139. The van der Waals surface area contributed by atoms with Crippen LogP contribution in [0.3, 0.4) is 0 Å². The molecule has 1 N–H and O–H groups in total. The normalized spacial score (nSPS) is 10.6. The molecule has 2 nitrogen and oxygen atoms in total. The Bertz CT molecular complexity index is 604. The smallest absolute Gasteiger partial charge is 0.124 e. The third kappa shape index (κ3) is 3.68. The van der Waals surface area contributed by atoms with Crippen molar-refractivity contribution in [3.63, 3.8) is 0 Å². The summed E-state index contributed by atoms with van der Waals surface area (Å²) in [5, 5.41) is 3.25. The van der Waals surface area contributed by atoms with Crippen LogP contribution in [0.25, 0.3) is 0 Å². The molecule has 0 aliphatic heterocycles. The summed E-state index contributed by atoms with van der Waals surface area (Å²) in [7, 11) is 1.77. The number of hydrogen-bond donors (Lipinski definition) is 1. The predicted octanol–water partition coefficient (Wildman–Crippen LogP) is 3.92. The van der Waals surface area contributed by atoms with Crippen molar-refractivity contribution in [1.29, 1.82) is 0 Å². The molecular weight excluding hydrogens is 284 g/mol. The zero-order valence-electron chi connectivity index (χ0n) is 10.9. The lowest BCUT2D eigenvalue weighted by molar-refractivity contribution is 0.301. The van der Waals surface area contributed by atoms with Crippen molar-refractivity contribution < 1.29 is 13.5 Å². The minimum Gasteiger partial charge on any atom is -0.489 e. The Morgan fingerprint density at radius 1 is 1.05 bits per heavy atom. The first kappa shape index (κ1) is 14.8. The summed E-state index contributed by atoms with van der Waals surface area (Å²) < 4.78 is 31.8. The van der Waals surface area contributed by atoms with Crippen LogP contribution in [0, 0.1) is 11.6 Å². The fourth-order valence-corrected chi connectivity index (χ4v) is 2.03. The van der Waals surface area contributed by atoms with Gasteiger partial charge in [0, 0.05) is 17.7 Å². The van der Waals surface area contributed by atoms with Gasteiger partial charge in [0.1, 0.15) is 24.0 Å². The average Bonchev–Trinajstić information content (AvgIpc) is 2.40. The largest absolute Gasteiger partial charge is 0.489 e. The van der Waals surface area contributed by atoms with Gasteiger partial charge in [-0.2, -0.15) is 0 Å². The molecule has 0 heterocycles. The quantitative estimate of drug-likeness (QED) is 0.903. The fraction of sp³-hybridized carbons (Fsp3) is 0.200. The van der Waals surface area contributed by atoms with Crippen molar-refractivity contribution in [3.8, 4) is 5.75 Å². The minimum absolute atomic E-state index is 0.196. The molecule has 5 heteroatoms. The number of ether oxygens (including phenoxy) is 1. The molecule has 0 saturated heterocycles. The molecule has 0 unspecified atom stereocenters. The number of rotatable bonds is 5. The van der Waals surface area contributed by atoms with Crippen molar-refractivity contribution in [2.24, 2.45) is 0 Å². The second-order valence-electron chi connectivity index (χ2n) is 4.31. The first-order chi connectivity index (χ1) is 9.60. The Balaban J connectivity index is 2.14. The standard InChI is InChI=1S/C15H14ClF2NO/c1-19-8-11-6-12(17)4-5-15(11)20-9-10-2-3-13(18)7-14(10)16/h2-7,19H,8-9H2,1H3. The van der Waals surface area contributed by atoms with E-state index in [2.05, 4.69) is 5.32 Å². The molecule has 2 aromatic rings. The summed E-state index contributed by atoms with van der Waals surface area (Å²) >= 11 is 5.93. The Morgan fingerprint density at radius 3 is 2.45 bits per heavy atom. The van der Waals surface area contributed by atoms with Gasteiger partial charge in [-0.15, -0.1) is 0 Å². The molecule has 106 valence electrons. The molecule has 0 radical (unpaired) electrons. The maximum atomic E-state index is 13.2. The molecule has 0 atom stereocenters. The van der Waals surface area contributed by atoms with E-state index in [0.717, 1.165) is 0 Å². The van der Waals surface area contributed by atoms with Crippen LogP contribution in [-0.4, -0.2) is 7.05 Å². The van der Waals surface area contributed by atoms with Crippen molar-refractivity contribution in [3.05, 3.63) is 64.2 Å². The fourth-order valence-electron chi connectivity index (χ4n) is 1.81. The maximum absolute atomic E-state index is 13.2. The number of nitrogens with one attached hydrogen (secondary N) is 1. The Labute approximate surface area is 121 Å². The number of benzene rings is 2. The molecule has 0 aromatic heterocycles. The lowest BCUT2D eigenvalue weighted by Gasteiger charge is -2.12. The molecule has 2 aromatic carbocycles. The van der Waals surface area contributed by atoms with Crippen molar-refractivity contribution >= 4 is 11.6 Å². The van der Waals surface area contributed by atoms with Gasteiger partial charge in [-0.05, 0) is 37.4 Å². The SMILES string of the molecule is CNCc1cc(F)ccc1OCc1ccc(F)cc1Cl. The van der Waals surface area contributed by atoms with Gasteiger partial charge in [0.05, 0.1) is 5.02 Å². The molecule has 0 spiro atoms. The summed E-state index contributed by atoms with van der Waals surface area (Å²) in [5.41, 5.74) is 1.39. The first-order valence-electron chi connectivity index (χ1n) is 6.10. The van der Waals surface area contributed by atoms with E-state index in [1.165, 1.54) is 24.3 Å². The Morgan fingerprint density at radius 2 is 1.75 bits per heavy atom. The van der Waals surface area contributed by atoms with E-state index < -0.39 is 5.82 Å². The summed E-state index contributed by atoms with van der Waals surface area (Å²) in [6.45, 7) is 0.686. The molecule has 0 aliphatic carbocycles. The van der Waals surface area contributed by atoms with Crippen LogP contribution < -0.4 is 10.1 Å². The zero-order valence-corrected chi connectivity index (χ0v) is 11.7. The molecule has 0 fully saturated rings. The third-order valence-corrected chi connectivity index (χ3v) is 3.14. The molecule has 0 saturated carbocycles. The van der Waals surface area contributed by atoms with Gasteiger partial charge in [-0.3, -0.25) is 0 Å².